The summed E-state index contributed by atoms with van der Waals surface area (Å²) in [4.78, 5) is 24.9. The maximum Gasteiger partial charge on any atom is 0.310 e. The summed E-state index contributed by atoms with van der Waals surface area (Å²) >= 11 is 1.39. The van der Waals surface area contributed by atoms with Crippen molar-refractivity contribution >= 4 is 23.1 Å². The van der Waals surface area contributed by atoms with Crippen LogP contribution in [0.3, 0.4) is 0 Å². The van der Waals surface area contributed by atoms with Gasteiger partial charge in [0.1, 0.15) is 0 Å². The number of hydrogen-bond donors (Lipinski definition) is 0. The molecule has 0 aromatic carbocycles. The molecule has 3 nitrogen and oxygen atoms in total. The first-order valence-corrected chi connectivity index (χ1v) is 7.24. The molecule has 1 atom stereocenters. The van der Waals surface area contributed by atoms with Crippen LogP contribution in [0.15, 0.2) is 12.1 Å². The van der Waals surface area contributed by atoms with E-state index in [2.05, 4.69) is 32.4 Å². The van der Waals surface area contributed by atoms with Gasteiger partial charge in [0.2, 0.25) is 0 Å². The Morgan fingerprint density at radius 3 is 2.47 bits per heavy atom. The Morgan fingerprint density at radius 1 is 1.32 bits per heavy atom. The SMILES string of the molecule is COC(=O)Cc1ccc(C(=O)CC(C)C(C)(C)C)s1. The number of rotatable bonds is 5. The van der Waals surface area contributed by atoms with Crippen LogP contribution in [0.4, 0.5) is 0 Å². The highest BCUT2D eigenvalue weighted by Gasteiger charge is 2.23. The topological polar surface area (TPSA) is 43.4 Å². The molecule has 19 heavy (non-hydrogen) atoms. The van der Waals surface area contributed by atoms with Gasteiger partial charge in [-0.15, -0.1) is 11.3 Å². The molecule has 4 heteroatoms. The number of Topliss-reactive ketones (excluding diaryl/α,β-unsaturated/α-hetero) is 1. The van der Waals surface area contributed by atoms with Crippen molar-refractivity contribution in [2.24, 2.45) is 11.3 Å². The molecule has 1 rings (SSSR count). The number of carbonyl (C=O) groups is 2. The zero-order chi connectivity index (χ0) is 14.6. The first-order chi connectivity index (χ1) is 8.74. The molecule has 0 amide bonds. The fraction of sp³-hybridized carbons (Fsp3) is 0.600. The second-order valence-electron chi connectivity index (χ2n) is 5.91. The molecular weight excluding hydrogens is 260 g/mol. The molecule has 1 aromatic heterocycles. The third-order valence-electron chi connectivity index (χ3n) is 3.45. The van der Waals surface area contributed by atoms with Gasteiger partial charge < -0.3 is 4.74 Å². The van der Waals surface area contributed by atoms with Gasteiger partial charge >= 0.3 is 5.97 Å². The maximum absolute atomic E-state index is 12.2. The predicted octanol–water partition coefficient (Wildman–Crippen LogP) is 3.72. The largest absolute Gasteiger partial charge is 0.469 e. The van der Waals surface area contributed by atoms with E-state index >= 15 is 0 Å². The minimum atomic E-state index is -0.274. The standard InChI is InChI=1S/C15H22O3S/c1-10(15(2,3)4)8-12(16)13-7-6-11(19-13)9-14(17)18-5/h6-7,10H,8-9H2,1-5H3. The van der Waals surface area contributed by atoms with Gasteiger partial charge in [-0.1, -0.05) is 27.7 Å². The van der Waals surface area contributed by atoms with E-state index in [-0.39, 0.29) is 23.6 Å². The van der Waals surface area contributed by atoms with Crippen molar-refractivity contribution in [1.82, 2.24) is 0 Å². The zero-order valence-corrected chi connectivity index (χ0v) is 13.1. The highest BCUT2D eigenvalue weighted by molar-refractivity contribution is 7.14. The number of esters is 1. The second kappa shape index (κ2) is 6.33. The molecule has 1 unspecified atom stereocenters. The Bertz CT molecular complexity index is 454. The number of methoxy groups -OCH3 is 1. The van der Waals surface area contributed by atoms with Gasteiger partial charge in [-0.2, -0.15) is 0 Å². The summed E-state index contributed by atoms with van der Waals surface area (Å²) in [6.07, 6.45) is 0.783. The summed E-state index contributed by atoms with van der Waals surface area (Å²) in [6.45, 7) is 8.52. The first-order valence-electron chi connectivity index (χ1n) is 6.42. The molecule has 1 aromatic rings. The monoisotopic (exact) mass is 282 g/mol. The zero-order valence-electron chi connectivity index (χ0n) is 12.3. The van der Waals surface area contributed by atoms with Crippen molar-refractivity contribution in [2.45, 2.75) is 40.5 Å². The lowest BCUT2D eigenvalue weighted by Crippen LogP contribution is -2.20. The number of ketones is 1. The molecule has 0 aliphatic heterocycles. The third-order valence-corrected chi connectivity index (χ3v) is 4.58. The Morgan fingerprint density at radius 2 is 1.95 bits per heavy atom. The van der Waals surface area contributed by atoms with Crippen molar-refractivity contribution in [3.05, 3.63) is 21.9 Å². The van der Waals surface area contributed by atoms with Crippen molar-refractivity contribution in [3.8, 4) is 0 Å². The van der Waals surface area contributed by atoms with Gasteiger partial charge in [0.25, 0.3) is 0 Å². The van der Waals surface area contributed by atoms with Crippen LogP contribution in [0.5, 0.6) is 0 Å². The lowest BCUT2D eigenvalue weighted by Gasteiger charge is -2.26. The van der Waals surface area contributed by atoms with Gasteiger partial charge in [0.15, 0.2) is 5.78 Å². The van der Waals surface area contributed by atoms with Gasteiger partial charge in [-0.3, -0.25) is 9.59 Å². The average Bonchev–Trinajstić information content (AvgIpc) is 2.76. The Labute approximate surface area is 119 Å². The minimum Gasteiger partial charge on any atom is -0.469 e. The number of ether oxygens (including phenoxy) is 1. The Balaban J connectivity index is 2.66. The van der Waals surface area contributed by atoms with Crippen molar-refractivity contribution in [1.29, 1.82) is 0 Å². The van der Waals surface area contributed by atoms with Crippen LogP contribution in [0, 0.1) is 11.3 Å². The molecule has 0 bridgehead atoms. The smallest absolute Gasteiger partial charge is 0.310 e. The molecule has 0 spiro atoms. The van der Waals surface area contributed by atoms with Crippen molar-refractivity contribution in [3.63, 3.8) is 0 Å². The number of thiophene rings is 1. The van der Waals surface area contributed by atoms with Crippen LogP contribution in [-0.2, 0) is 16.0 Å². The van der Waals surface area contributed by atoms with Gasteiger partial charge in [-0.05, 0) is 23.5 Å². The van der Waals surface area contributed by atoms with Crippen LogP contribution in [0.2, 0.25) is 0 Å². The minimum absolute atomic E-state index is 0.127. The van der Waals surface area contributed by atoms with E-state index in [9.17, 15) is 9.59 Å². The fourth-order valence-electron chi connectivity index (χ4n) is 1.52. The highest BCUT2D eigenvalue weighted by atomic mass is 32.1. The van der Waals surface area contributed by atoms with Crippen molar-refractivity contribution < 1.29 is 14.3 Å². The van der Waals surface area contributed by atoms with E-state index in [1.807, 2.05) is 6.07 Å². The van der Waals surface area contributed by atoms with Gasteiger partial charge in [0.05, 0.1) is 18.4 Å². The lowest BCUT2D eigenvalue weighted by molar-refractivity contribution is -0.139. The van der Waals surface area contributed by atoms with E-state index in [1.54, 1.807) is 6.07 Å². The average molecular weight is 282 g/mol. The molecule has 0 N–H and O–H groups in total. The molecule has 0 radical (unpaired) electrons. The van der Waals surface area contributed by atoms with E-state index in [4.69, 9.17) is 0 Å². The predicted molar refractivity (Wildman–Crippen MR) is 77.6 cm³/mol. The summed E-state index contributed by atoms with van der Waals surface area (Å²) in [7, 11) is 1.37. The van der Waals surface area contributed by atoms with Crippen LogP contribution in [-0.4, -0.2) is 18.9 Å². The molecule has 0 aliphatic rings. The molecule has 0 aliphatic carbocycles. The van der Waals surface area contributed by atoms with Crippen LogP contribution < -0.4 is 0 Å². The fourth-order valence-corrected chi connectivity index (χ4v) is 2.46. The molecule has 0 saturated carbocycles. The van der Waals surface area contributed by atoms with Crippen LogP contribution in [0.1, 0.15) is 48.7 Å². The van der Waals surface area contributed by atoms with Crippen molar-refractivity contribution in [2.75, 3.05) is 7.11 Å². The van der Waals surface area contributed by atoms with Crippen LogP contribution >= 0.6 is 11.3 Å². The third kappa shape index (κ3) is 4.78. The summed E-state index contributed by atoms with van der Waals surface area (Å²) in [6, 6.07) is 3.64. The summed E-state index contributed by atoms with van der Waals surface area (Å²) < 4.78 is 4.62. The Hall–Kier alpha value is -1.16. The first kappa shape index (κ1) is 15.9. The van der Waals surface area contributed by atoms with Gasteiger partial charge in [-0.25, -0.2) is 0 Å². The molecule has 0 fully saturated rings. The highest BCUT2D eigenvalue weighted by Crippen LogP contribution is 2.30. The van der Waals surface area contributed by atoms with E-state index < -0.39 is 0 Å². The van der Waals surface area contributed by atoms with E-state index in [0.717, 1.165) is 9.75 Å². The normalized spacial score (nSPS) is 13.1. The molecule has 1 heterocycles. The van der Waals surface area contributed by atoms with E-state index in [1.165, 1.54) is 18.4 Å². The quantitative estimate of drug-likeness (QED) is 0.610. The molecule has 106 valence electrons. The molecule has 0 saturated heterocycles. The summed E-state index contributed by atoms with van der Waals surface area (Å²) in [5, 5.41) is 0. The lowest BCUT2D eigenvalue weighted by atomic mass is 9.79. The molecular formula is C15H22O3S. The summed E-state index contributed by atoms with van der Waals surface area (Å²) in [5.41, 5.74) is 0.127. The van der Waals surface area contributed by atoms with Crippen LogP contribution in [0.25, 0.3) is 0 Å². The van der Waals surface area contributed by atoms with E-state index in [0.29, 0.717) is 12.3 Å². The number of hydrogen-bond acceptors (Lipinski definition) is 4. The Kier molecular flexibility index (Phi) is 5.29. The number of carbonyl (C=O) groups excluding carboxylic acids is 2. The van der Waals surface area contributed by atoms with Gasteiger partial charge in [0, 0.05) is 11.3 Å². The second-order valence-corrected chi connectivity index (χ2v) is 7.08. The maximum atomic E-state index is 12.2. The summed E-state index contributed by atoms with van der Waals surface area (Å²) in [5.74, 6) is 0.207.